The fraction of sp³-hybridized carbons (Fsp3) is 0.538. The van der Waals surface area contributed by atoms with Gasteiger partial charge in [-0.1, -0.05) is 18.0 Å². The van der Waals surface area contributed by atoms with E-state index in [0.29, 0.717) is 16.6 Å². The second-order valence-electron chi connectivity index (χ2n) is 4.65. The summed E-state index contributed by atoms with van der Waals surface area (Å²) < 4.78 is 13.6. The Morgan fingerprint density at radius 1 is 1.47 bits per heavy atom. The molecule has 0 bridgehead atoms. The van der Waals surface area contributed by atoms with E-state index in [4.69, 9.17) is 17.3 Å². The van der Waals surface area contributed by atoms with E-state index in [9.17, 15) is 4.39 Å². The molecule has 1 fully saturated rings. The maximum absolute atomic E-state index is 13.6. The van der Waals surface area contributed by atoms with Crippen LogP contribution in [0.25, 0.3) is 0 Å². The van der Waals surface area contributed by atoms with E-state index in [0.717, 1.165) is 19.4 Å². The number of hydrogen-bond donors (Lipinski definition) is 2. The maximum Gasteiger partial charge on any atom is 0.128 e. The van der Waals surface area contributed by atoms with E-state index in [1.807, 2.05) is 0 Å². The molecule has 0 amide bonds. The molecule has 2 atom stereocenters. The molecule has 3 N–H and O–H groups in total. The molecule has 0 aliphatic carbocycles. The first kappa shape index (κ1) is 12.8. The van der Waals surface area contributed by atoms with Gasteiger partial charge in [-0.2, -0.15) is 0 Å². The SMILES string of the molecule is NC(CC1CCCCN1)c1cc(Cl)ccc1F. The minimum absolute atomic E-state index is 0.266. The standard InChI is InChI=1S/C13H18ClFN2/c14-9-4-5-12(15)11(7-9)13(16)8-10-3-1-2-6-17-10/h4-5,7,10,13,17H,1-3,6,8,16H2. The molecule has 0 radical (unpaired) electrons. The summed E-state index contributed by atoms with van der Waals surface area (Å²) in [5, 5.41) is 3.95. The highest BCUT2D eigenvalue weighted by molar-refractivity contribution is 6.30. The summed E-state index contributed by atoms with van der Waals surface area (Å²) >= 11 is 5.87. The van der Waals surface area contributed by atoms with Crippen LogP contribution in [-0.4, -0.2) is 12.6 Å². The predicted molar refractivity (Wildman–Crippen MR) is 68.6 cm³/mol. The third-order valence-corrected chi connectivity index (χ3v) is 3.54. The Labute approximate surface area is 106 Å². The lowest BCUT2D eigenvalue weighted by Gasteiger charge is -2.26. The van der Waals surface area contributed by atoms with Crippen molar-refractivity contribution >= 4 is 11.6 Å². The van der Waals surface area contributed by atoms with E-state index < -0.39 is 0 Å². The van der Waals surface area contributed by atoms with Gasteiger partial charge in [0, 0.05) is 22.7 Å². The quantitative estimate of drug-likeness (QED) is 0.873. The summed E-state index contributed by atoms with van der Waals surface area (Å²) in [6.07, 6.45) is 4.33. The van der Waals surface area contributed by atoms with Gasteiger partial charge >= 0.3 is 0 Å². The lowest BCUT2D eigenvalue weighted by atomic mass is 9.94. The zero-order valence-electron chi connectivity index (χ0n) is 9.76. The van der Waals surface area contributed by atoms with Crippen molar-refractivity contribution in [3.8, 4) is 0 Å². The van der Waals surface area contributed by atoms with E-state index in [-0.39, 0.29) is 11.9 Å². The average Bonchev–Trinajstić information content (AvgIpc) is 2.33. The third-order valence-electron chi connectivity index (χ3n) is 3.31. The molecule has 1 aliphatic rings. The molecular formula is C13H18ClFN2. The number of piperidine rings is 1. The van der Waals surface area contributed by atoms with Gasteiger partial charge in [-0.25, -0.2) is 4.39 Å². The Balaban J connectivity index is 2.02. The first-order chi connectivity index (χ1) is 8.16. The van der Waals surface area contributed by atoms with Crippen LogP contribution in [0.5, 0.6) is 0 Å². The van der Waals surface area contributed by atoms with Crippen LogP contribution in [0, 0.1) is 5.82 Å². The first-order valence-corrected chi connectivity index (χ1v) is 6.48. The van der Waals surface area contributed by atoms with Crippen LogP contribution < -0.4 is 11.1 Å². The molecule has 2 rings (SSSR count). The van der Waals surface area contributed by atoms with Crippen molar-refractivity contribution in [3.05, 3.63) is 34.6 Å². The van der Waals surface area contributed by atoms with Crippen LogP contribution in [-0.2, 0) is 0 Å². The number of nitrogens with two attached hydrogens (primary N) is 1. The van der Waals surface area contributed by atoms with E-state index in [1.54, 1.807) is 12.1 Å². The Morgan fingerprint density at radius 3 is 3.00 bits per heavy atom. The molecule has 1 aliphatic heterocycles. The lowest BCUT2D eigenvalue weighted by molar-refractivity contribution is 0.359. The maximum atomic E-state index is 13.6. The molecule has 17 heavy (non-hydrogen) atoms. The van der Waals surface area contributed by atoms with Crippen LogP contribution in [0.15, 0.2) is 18.2 Å². The molecule has 0 spiro atoms. The predicted octanol–water partition coefficient (Wildman–Crippen LogP) is 3.01. The summed E-state index contributed by atoms with van der Waals surface area (Å²) in [6, 6.07) is 4.67. The van der Waals surface area contributed by atoms with Crippen molar-refractivity contribution in [2.45, 2.75) is 37.8 Å². The molecule has 2 nitrogen and oxygen atoms in total. The fourth-order valence-electron chi connectivity index (χ4n) is 2.36. The molecule has 94 valence electrons. The smallest absolute Gasteiger partial charge is 0.128 e. The van der Waals surface area contributed by atoms with Gasteiger partial charge in [0.1, 0.15) is 5.82 Å². The molecule has 1 aromatic rings. The summed E-state index contributed by atoms with van der Waals surface area (Å²) in [5.41, 5.74) is 6.58. The topological polar surface area (TPSA) is 38.0 Å². The molecule has 1 heterocycles. The van der Waals surface area contributed by atoms with Gasteiger partial charge in [0.2, 0.25) is 0 Å². The van der Waals surface area contributed by atoms with Gasteiger partial charge in [-0.3, -0.25) is 0 Å². The molecule has 2 unspecified atom stereocenters. The summed E-state index contributed by atoms with van der Waals surface area (Å²) in [5.74, 6) is -0.266. The van der Waals surface area contributed by atoms with Crippen molar-refractivity contribution in [3.63, 3.8) is 0 Å². The first-order valence-electron chi connectivity index (χ1n) is 6.10. The second kappa shape index (κ2) is 5.80. The molecule has 1 saturated heterocycles. The highest BCUT2D eigenvalue weighted by Gasteiger charge is 2.19. The minimum atomic E-state index is -0.288. The number of benzene rings is 1. The minimum Gasteiger partial charge on any atom is -0.324 e. The summed E-state index contributed by atoms with van der Waals surface area (Å²) in [7, 11) is 0. The van der Waals surface area contributed by atoms with Crippen molar-refractivity contribution in [1.82, 2.24) is 5.32 Å². The van der Waals surface area contributed by atoms with Crippen molar-refractivity contribution in [1.29, 1.82) is 0 Å². The highest BCUT2D eigenvalue weighted by atomic mass is 35.5. The number of rotatable bonds is 3. The van der Waals surface area contributed by atoms with Crippen molar-refractivity contribution in [2.75, 3.05) is 6.54 Å². The lowest BCUT2D eigenvalue weighted by Crippen LogP contribution is -2.36. The monoisotopic (exact) mass is 256 g/mol. The zero-order chi connectivity index (χ0) is 12.3. The number of hydrogen-bond acceptors (Lipinski definition) is 2. The second-order valence-corrected chi connectivity index (χ2v) is 5.09. The van der Waals surface area contributed by atoms with Crippen LogP contribution in [0.2, 0.25) is 5.02 Å². The highest BCUT2D eigenvalue weighted by Crippen LogP contribution is 2.24. The van der Waals surface area contributed by atoms with Gasteiger partial charge in [-0.15, -0.1) is 0 Å². The van der Waals surface area contributed by atoms with Gasteiger partial charge in [0.05, 0.1) is 0 Å². The zero-order valence-corrected chi connectivity index (χ0v) is 10.5. The van der Waals surface area contributed by atoms with Gasteiger partial charge in [-0.05, 0) is 44.0 Å². The average molecular weight is 257 g/mol. The third kappa shape index (κ3) is 3.41. The Hall–Kier alpha value is -0.640. The van der Waals surface area contributed by atoms with Gasteiger partial charge in [0.15, 0.2) is 0 Å². The number of nitrogens with one attached hydrogen (secondary N) is 1. The summed E-state index contributed by atoms with van der Waals surface area (Å²) in [4.78, 5) is 0. The van der Waals surface area contributed by atoms with Crippen LogP contribution in [0.1, 0.15) is 37.3 Å². The number of halogens is 2. The van der Waals surface area contributed by atoms with Crippen LogP contribution in [0.4, 0.5) is 4.39 Å². The molecule has 0 saturated carbocycles. The normalized spacial score (nSPS) is 22.4. The van der Waals surface area contributed by atoms with Gasteiger partial charge in [0.25, 0.3) is 0 Å². The largest absolute Gasteiger partial charge is 0.324 e. The molecule has 0 aromatic heterocycles. The van der Waals surface area contributed by atoms with E-state index in [2.05, 4.69) is 5.32 Å². The fourth-order valence-corrected chi connectivity index (χ4v) is 2.54. The van der Waals surface area contributed by atoms with Crippen molar-refractivity contribution in [2.24, 2.45) is 5.73 Å². The molecular weight excluding hydrogens is 239 g/mol. The molecule has 1 aromatic carbocycles. The van der Waals surface area contributed by atoms with Gasteiger partial charge < -0.3 is 11.1 Å². The van der Waals surface area contributed by atoms with Crippen molar-refractivity contribution < 1.29 is 4.39 Å². The van der Waals surface area contributed by atoms with Crippen LogP contribution >= 0.6 is 11.6 Å². The Kier molecular flexibility index (Phi) is 4.37. The molecule has 4 heteroatoms. The Morgan fingerprint density at radius 2 is 2.29 bits per heavy atom. The van der Waals surface area contributed by atoms with Crippen LogP contribution in [0.3, 0.4) is 0 Å². The summed E-state index contributed by atoms with van der Waals surface area (Å²) in [6.45, 7) is 1.04. The Bertz CT molecular complexity index is 378. The van der Waals surface area contributed by atoms with E-state index in [1.165, 1.54) is 18.9 Å². The van der Waals surface area contributed by atoms with E-state index >= 15 is 0 Å².